The number of ether oxygens (including phenoxy) is 1. The maximum atomic E-state index is 13.0. The lowest BCUT2D eigenvalue weighted by atomic mass is 9.93. The van der Waals surface area contributed by atoms with Crippen LogP contribution in [0.4, 0.5) is 4.79 Å². The highest BCUT2D eigenvalue weighted by Crippen LogP contribution is 2.23. The Morgan fingerprint density at radius 1 is 1.26 bits per heavy atom. The van der Waals surface area contributed by atoms with E-state index in [4.69, 9.17) is 4.74 Å². The van der Waals surface area contributed by atoms with Crippen molar-refractivity contribution in [3.8, 4) is 5.75 Å². The number of rotatable bonds is 7. The first-order valence-electron chi connectivity index (χ1n) is 10.1. The fraction of sp³-hybridized carbons (Fsp3) is 0.619. The molecular formula is C21H32N3O3+. The summed E-state index contributed by atoms with van der Waals surface area (Å²) in [5.74, 6) is 0.727. The number of urea groups is 1. The Morgan fingerprint density at radius 3 is 2.67 bits per heavy atom. The van der Waals surface area contributed by atoms with Crippen LogP contribution in [0, 0.1) is 0 Å². The van der Waals surface area contributed by atoms with Gasteiger partial charge in [0.05, 0.1) is 19.7 Å². The summed E-state index contributed by atoms with van der Waals surface area (Å²) in [6.45, 7) is 5.57. The van der Waals surface area contributed by atoms with Gasteiger partial charge in [0.2, 0.25) is 0 Å². The van der Waals surface area contributed by atoms with Crippen LogP contribution in [-0.4, -0.2) is 48.7 Å². The van der Waals surface area contributed by atoms with E-state index in [0.29, 0.717) is 19.1 Å². The van der Waals surface area contributed by atoms with Gasteiger partial charge in [-0.2, -0.15) is 0 Å². The Labute approximate surface area is 161 Å². The Bertz CT molecular complexity index is 676. The third-order valence-corrected chi connectivity index (χ3v) is 6.15. The molecule has 3 atom stereocenters. The molecule has 0 spiro atoms. The molecule has 1 unspecified atom stereocenters. The van der Waals surface area contributed by atoms with Gasteiger partial charge in [-0.05, 0) is 63.1 Å². The number of quaternary nitrogens is 1. The largest absolute Gasteiger partial charge is 0.497 e. The van der Waals surface area contributed by atoms with E-state index in [1.807, 2.05) is 31.2 Å². The number of nitrogens with zero attached hydrogens (tertiary/aromatic N) is 1. The molecule has 3 amide bonds. The third kappa shape index (κ3) is 4.26. The van der Waals surface area contributed by atoms with Crippen molar-refractivity contribution in [3.05, 3.63) is 29.8 Å². The second kappa shape index (κ2) is 8.30. The van der Waals surface area contributed by atoms with Gasteiger partial charge in [0.15, 0.2) is 6.67 Å². The summed E-state index contributed by atoms with van der Waals surface area (Å²) in [5.41, 5.74) is 0.304. The lowest BCUT2D eigenvalue weighted by Gasteiger charge is -2.33. The topological polar surface area (TPSA) is 63.1 Å². The van der Waals surface area contributed by atoms with E-state index in [-0.39, 0.29) is 11.9 Å². The number of methoxy groups -OCH3 is 1. The van der Waals surface area contributed by atoms with Crippen LogP contribution in [0.25, 0.3) is 0 Å². The van der Waals surface area contributed by atoms with Gasteiger partial charge in [0.1, 0.15) is 11.3 Å². The first kappa shape index (κ1) is 19.7. The minimum Gasteiger partial charge on any atom is -0.497 e. The maximum absolute atomic E-state index is 13.0. The van der Waals surface area contributed by atoms with Crippen LogP contribution in [0.5, 0.6) is 5.75 Å². The molecule has 0 bridgehead atoms. The fourth-order valence-electron chi connectivity index (χ4n) is 4.30. The number of imide groups is 1. The summed E-state index contributed by atoms with van der Waals surface area (Å²) in [4.78, 5) is 28.4. The lowest BCUT2D eigenvalue weighted by Crippen LogP contribution is -3.18. The molecule has 0 saturated carbocycles. The molecule has 6 nitrogen and oxygen atoms in total. The van der Waals surface area contributed by atoms with Crippen LogP contribution < -0.4 is 15.0 Å². The van der Waals surface area contributed by atoms with E-state index < -0.39 is 5.54 Å². The monoisotopic (exact) mass is 374 g/mol. The summed E-state index contributed by atoms with van der Waals surface area (Å²) in [5, 5.41) is 2.94. The highest BCUT2D eigenvalue weighted by molar-refractivity contribution is 6.06. The number of piperidine rings is 1. The van der Waals surface area contributed by atoms with Gasteiger partial charge < -0.3 is 15.0 Å². The number of amides is 3. The van der Waals surface area contributed by atoms with Crippen LogP contribution in [0.3, 0.4) is 0 Å². The van der Waals surface area contributed by atoms with Crippen molar-refractivity contribution in [1.29, 1.82) is 0 Å². The minimum atomic E-state index is -0.825. The van der Waals surface area contributed by atoms with Gasteiger partial charge in [0, 0.05) is 0 Å². The second-order valence-corrected chi connectivity index (χ2v) is 8.01. The highest BCUT2D eigenvalue weighted by Gasteiger charge is 2.49. The SMILES string of the molecule is CC[C@@H]1CCCC[NH+]1CN1C(=O)N[C@](C)(CCc2ccc(OC)cc2)C1=O. The average molecular weight is 375 g/mol. The van der Waals surface area contributed by atoms with Crippen LogP contribution in [0.1, 0.15) is 51.5 Å². The molecule has 0 aromatic heterocycles. The molecular weight excluding hydrogens is 342 g/mol. The van der Waals surface area contributed by atoms with E-state index in [1.165, 1.54) is 29.1 Å². The fourth-order valence-corrected chi connectivity index (χ4v) is 4.30. The zero-order valence-electron chi connectivity index (χ0n) is 16.7. The van der Waals surface area contributed by atoms with Gasteiger partial charge in [-0.25, -0.2) is 9.69 Å². The predicted molar refractivity (Wildman–Crippen MR) is 104 cm³/mol. The Kier molecular flexibility index (Phi) is 6.05. The van der Waals surface area contributed by atoms with Crippen molar-refractivity contribution in [1.82, 2.24) is 10.2 Å². The first-order chi connectivity index (χ1) is 13.0. The summed E-state index contributed by atoms with van der Waals surface area (Å²) < 4.78 is 5.18. The number of nitrogens with one attached hydrogen (secondary N) is 2. The zero-order valence-corrected chi connectivity index (χ0v) is 16.7. The molecule has 148 valence electrons. The zero-order chi connectivity index (χ0) is 19.4. The number of carbonyl (C=O) groups excluding carboxylic acids is 2. The maximum Gasteiger partial charge on any atom is 0.329 e. The molecule has 2 fully saturated rings. The van der Waals surface area contributed by atoms with Crippen molar-refractivity contribution >= 4 is 11.9 Å². The van der Waals surface area contributed by atoms with Crippen LogP contribution in [0.15, 0.2) is 24.3 Å². The summed E-state index contributed by atoms with van der Waals surface area (Å²) in [6, 6.07) is 8.15. The molecule has 3 rings (SSSR count). The second-order valence-electron chi connectivity index (χ2n) is 8.01. The lowest BCUT2D eigenvalue weighted by molar-refractivity contribution is -0.937. The molecule has 2 N–H and O–H groups in total. The number of hydrogen-bond acceptors (Lipinski definition) is 3. The predicted octanol–water partition coefficient (Wildman–Crippen LogP) is 1.74. The number of carbonyl (C=O) groups is 2. The van der Waals surface area contributed by atoms with Crippen molar-refractivity contribution in [2.75, 3.05) is 20.3 Å². The Morgan fingerprint density at radius 2 is 2.00 bits per heavy atom. The van der Waals surface area contributed by atoms with E-state index in [0.717, 1.165) is 30.7 Å². The van der Waals surface area contributed by atoms with Crippen molar-refractivity contribution in [2.45, 2.75) is 64.0 Å². The summed E-state index contributed by atoms with van der Waals surface area (Å²) in [6.07, 6.45) is 6.02. The molecule has 2 heterocycles. The molecule has 27 heavy (non-hydrogen) atoms. The van der Waals surface area contributed by atoms with Crippen molar-refractivity contribution in [2.24, 2.45) is 0 Å². The molecule has 0 aliphatic carbocycles. The number of hydrogen-bond donors (Lipinski definition) is 2. The normalized spacial score (nSPS) is 28.3. The molecule has 1 aromatic rings. The van der Waals surface area contributed by atoms with Gasteiger partial charge in [-0.15, -0.1) is 0 Å². The molecule has 1 aromatic carbocycles. The molecule has 2 aliphatic heterocycles. The molecule has 6 heteroatoms. The van der Waals surface area contributed by atoms with E-state index >= 15 is 0 Å². The number of aryl methyl sites for hydroxylation is 1. The quantitative estimate of drug-likeness (QED) is 0.715. The van der Waals surface area contributed by atoms with Crippen molar-refractivity contribution in [3.63, 3.8) is 0 Å². The molecule has 2 aliphatic rings. The first-order valence-corrected chi connectivity index (χ1v) is 10.1. The van der Waals surface area contributed by atoms with Crippen LogP contribution in [0.2, 0.25) is 0 Å². The van der Waals surface area contributed by atoms with Crippen molar-refractivity contribution < 1.29 is 19.2 Å². The number of benzene rings is 1. The third-order valence-electron chi connectivity index (χ3n) is 6.15. The molecule has 2 saturated heterocycles. The van der Waals surface area contributed by atoms with Gasteiger partial charge in [-0.1, -0.05) is 19.1 Å². The van der Waals surface area contributed by atoms with E-state index in [2.05, 4.69) is 12.2 Å². The average Bonchev–Trinajstić information content (AvgIpc) is 2.90. The van der Waals surface area contributed by atoms with Crippen LogP contribution in [-0.2, 0) is 11.2 Å². The molecule has 0 radical (unpaired) electrons. The van der Waals surface area contributed by atoms with Gasteiger partial charge in [0.25, 0.3) is 5.91 Å². The van der Waals surface area contributed by atoms with Gasteiger partial charge in [-0.3, -0.25) is 4.79 Å². The summed E-state index contributed by atoms with van der Waals surface area (Å²) >= 11 is 0. The van der Waals surface area contributed by atoms with Gasteiger partial charge >= 0.3 is 6.03 Å². The summed E-state index contributed by atoms with van der Waals surface area (Å²) in [7, 11) is 1.64. The Hall–Kier alpha value is -2.08. The number of likely N-dealkylation sites (tertiary alicyclic amines) is 1. The standard InChI is InChI=1S/C21H31N3O3/c1-4-17-7-5-6-14-23(17)15-24-19(25)21(2,22-20(24)26)13-12-16-8-10-18(27-3)11-9-16/h8-11,17H,4-7,12-15H2,1-3H3,(H,22,26)/p+1/t17-,21-/m1/s1. The van der Waals surface area contributed by atoms with E-state index in [1.54, 1.807) is 7.11 Å². The Balaban J connectivity index is 1.62. The van der Waals surface area contributed by atoms with E-state index in [9.17, 15) is 9.59 Å². The highest BCUT2D eigenvalue weighted by atomic mass is 16.5. The smallest absolute Gasteiger partial charge is 0.329 e. The minimum absolute atomic E-state index is 0.0889. The van der Waals surface area contributed by atoms with Crippen LogP contribution >= 0.6 is 0 Å².